The number of halogens is 1. The van der Waals surface area contributed by atoms with Crippen LogP contribution in [0.25, 0.3) is 0 Å². The normalized spacial score (nSPS) is 12.5. The van der Waals surface area contributed by atoms with Crippen LogP contribution in [0.2, 0.25) is 0 Å². The van der Waals surface area contributed by atoms with Crippen molar-refractivity contribution in [1.29, 1.82) is 0 Å². The van der Waals surface area contributed by atoms with Crippen molar-refractivity contribution < 1.29 is 23.0 Å². The zero-order chi connectivity index (χ0) is 30.7. The molecule has 4 nitrogen and oxygen atoms in total. The summed E-state index contributed by atoms with van der Waals surface area (Å²) in [6.45, 7) is 23.3. The van der Waals surface area contributed by atoms with Gasteiger partial charge in [0, 0.05) is 19.3 Å². The fourth-order valence-corrected chi connectivity index (χ4v) is 4.81. The second kappa shape index (κ2) is 16.8. The third-order valence-corrected chi connectivity index (χ3v) is 6.77. The summed E-state index contributed by atoms with van der Waals surface area (Å²) in [6.07, 6.45) is 4.32. The number of hydrogen-bond donors (Lipinski definition) is 1. The minimum absolute atomic E-state index is 0.0672. The summed E-state index contributed by atoms with van der Waals surface area (Å²) in [5.41, 5.74) is 8.77. The van der Waals surface area contributed by atoms with Gasteiger partial charge in [-0.15, -0.1) is 6.07 Å². The molecule has 6 heteroatoms. The van der Waals surface area contributed by atoms with Gasteiger partial charge in [-0.25, -0.2) is 0 Å². The van der Waals surface area contributed by atoms with E-state index < -0.39 is 0 Å². The number of carbonyl (C=O) groups is 1. The monoisotopic (exact) mass is 663 g/mol. The second-order valence-electron chi connectivity index (χ2n) is 11.3. The van der Waals surface area contributed by atoms with Gasteiger partial charge in [-0.2, -0.15) is 24.3 Å². The number of anilines is 3. The molecule has 0 saturated carbocycles. The van der Waals surface area contributed by atoms with Gasteiger partial charge in [0.25, 0.3) is 0 Å². The molecule has 4 rings (SSSR count). The van der Waals surface area contributed by atoms with Gasteiger partial charge < -0.3 is 15.1 Å². The van der Waals surface area contributed by atoms with Crippen molar-refractivity contribution in [2.75, 3.05) is 15.1 Å². The zero-order valence-electron chi connectivity index (χ0n) is 25.7. The molecule has 0 bridgehead atoms. The summed E-state index contributed by atoms with van der Waals surface area (Å²) in [4.78, 5) is 14.9. The SMILES string of the molecule is CC(=O)Nc1[c-]cccc1.CC(C)c1cccc(C(C)C)c1N1[C]N(c2c(C(C)C)cccc2C(C)C)C=C1.[Cl][Pd+]. The number of benzene rings is 3. The van der Waals surface area contributed by atoms with E-state index in [1.54, 1.807) is 12.1 Å². The third kappa shape index (κ3) is 9.47. The van der Waals surface area contributed by atoms with Gasteiger partial charge in [0.2, 0.25) is 12.6 Å². The first-order valence-electron chi connectivity index (χ1n) is 14.2. The summed E-state index contributed by atoms with van der Waals surface area (Å²) in [5, 5.41) is 2.61. The second-order valence-corrected chi connectivity index (χ2v) is 11.3. The predicted octanol–water partition coefficient (Wildman–Crippen LogP) is 10.1. The van der Waals surface area contributed by atoms with Crippen LogP contribution in [0.15, 0.2) is 73.1 Å². The maximum atomic E-state index is 10.5. The average molecular weight is 665 g/mol. The van der Waals surface area contributed by atoms with E-state index in [1.165, 1.54) is 40.6 Å². The van der Waals surface area contributed by atoms with Crippen LogP contribution in [0.4, 0.5) is 17.1 Å². The van der Waals surface area contributed by atoms with Crippen molar-refractivity contribution in [2.24, 2.45) is 0 Å². The van der Waals surface area contributed by atoms with Crippen LogP contribution < -0.4 is 15.1 Å². The molecular formula is C35H44ClN3OPd. The first-order valence-corrected chi connectivity index (χ1v) is 16.2. The van der Waals surface area contributed by atoms with Crippen LogP contribution in [0.1, 0.15) is 108 Å². The number of hydrogen-bond acceptors (Lipinski definition) is 3. The number of carbonyl (C=O) groups excluding carboxylic acids is 1. The molecule has 1 aliphatic heterocycles. The fourth-order valence-electron chi connectivity index (χ4n) is 4.81. The van der Waals surface area contributed by atoms with E-state index in [4.69, 9.17) is 0 Å². The van der Waals surface area contributed by atoms with E-state index in [0.717, 1.165) is 5.69 Å². The Hall–Kier alpha value is -2.58. The molecule has 3 aromatic carbocycles. The molecule has 0 saturated heterocycles. The van der Waals surface area contributed by atoms with E-state index in [0.29, 0.717) is 23.7 Å². The number of para-hydroxylation sites is 3. The summed E-state index contributed by atoms with van der Waals surface area (Å²) in [7, 11) is 4.49. The van der Waals surface area contributed by atoms with Gasteiger partial charge in [0.15, 0.2) is 0 Å². The zero-order valence-corrected chi connectivity index (χ0v) is 28.0. The van der Waals surface area contributed by atoms with Crippen LogP contribution >= 0.6 is 9.53 Å². The van der Waals surface area contributed by atoms with Crippen molar-refractivity contribution in [3.8, 4) is 0 Å². The van der Waals surface area contributed by atoms with Gasteiger partial charge in [-0.3, -0.25) is 4.79 Å². The fraction of sp³-hybridized carbons (Fsp3) is 0.371. The Bertz CT molecular complexity index is 1150. The van der Waals surface area contributed by atoms with Crippen molar-refractivity contribution in [3.05, 3.63) is 108 Å². The molecule has 0 aliphatic carbocycles. The Kier molecular flexibility index (Phi) is 14.2. The molecule has 41 heavy (non-hydrogen) atoms. The van der Waals surface area contributed by atoms with Crippen LogP contribution in [-0.4, -0.2) is 5.91 Å². The molecule has 0 atom stereocenters. The molecule has 1 N–H and O–H groups in total. The standard InChI is InChI=1S/C27H36N2.C8H8NO.ClH.Pd/c1-18(2)22-11-9-12-23(19(3)4)26(22)28-15-16-29(17-28)27-24(20(5)6)13-10-14-25(27)21(7)8;1-7(10)9-8-5-3-2-4-6-8;;/h9-16,18-21H,1-8H3;2-5H,1H3,(H,9,10);1H;/q;-1;;+2/p-1. The number of amides is 1. The molecule has 0 unspecified atom stereocenters. The van der Waals surface area contributed by atoms with Gasteiger partial charge in [-0.1, -0.05) is 97.5 Å². The van der Waals surface area contributed by atoms with E-state index in [-0.39, 0.29) is 5.91 Å². The molecule has 0 fully saturated rings. The number of nitrogens with one attached hydrogen (secondary N) is 1. The molecule has 0 spiro atoms. The molecule has 222 valence electrons. The van der Waals surface area contributed by atoms with Crippen LogP contribution in [0.3, 0.4) is 0 Å². The molecule has 1 heterocycles. The third-order valence-electron chi connectivity index (χ3n) is 6.77. The summed E-state index contributed by atoms with van der Waals surface area (Å²) in [5.74, 6) is 1.77. The van der Waals surface area contributed by atoms with Crippen LogP contribution in [0, 0.1) is 12.7 Å². The quantitative estimate of drug-likeness (QED) is 0.202. The Morgan fingerprint density at radius 1 is 0.707 bits per heavy atom. The first kappa shape index (κ1) is 34.6. The van der Waals surface area contributed by atoms with Crippen molar-refractivity contribution in [1.82, 2.24) is 0 Å². The Morgan fingerprint density at radius 3 is 1.39 bits per heavy atom. The molecular weight excluding hydrogens is 620 g/mol. The minimum atomic E-state index is -0.0672. The first-order chi connectivity index (χ1) is 19.5. The summed E-state index contributed by atoms with van der Waals surface area (Å²) >= 11 is 2.22. The van der Waals surface area contributed by atoms with Crippen molar-refractivity contribution in [3.63, 3.8) is 0 Å². The molecule has 3 aromatic rings. The Morgan fingerprint density at radius 2 is 1.10 bits per heavy atom. The topological polar surface area (TPSA) is 35.6 Å². The molecule has 1 aliphatic rings. The Labute approximate surface area is 263 Å². The average Bonchev–Trinajstić information content (AvgIpc) is 3.43. The number of rotatable bonds is 7. The molecule has 1 amide bonds. The van der Waals surface area contributed by atoms with E-state index in [1.807, 2.05) is 12.1 Å². The van der Waals surface area contributed by atoms with E-state index in [9.17, 15) is 4.79 Å². The van der Waals surface area contributed by atoms with Crippen molar-refractivity contribution in [2.45, 2.75) is 86.0 Å². The van der Waals surface area contributed by atoms with E-state index in [2.05, 4.69) is 160 Å². The maximum absolute atomic E-state index is 10.5. The van der Waals surface area contributed by atoms with Crippen LogP contribution in [0.5, 0.6) is 0 Å². The van der Waals surface area contributed by atoms with Gasteiger partial charge in [0.05, 0.1) is 11.4 Å². The summed E-state index contributed by atoms with van der Waals surface area (Å²) < 4.78 is 0. The summed E-state index contributed by atoms with van der Waals surface area (Å²) in [6, 6.07) is 23.5. The molecule has 0 aromatic heterocycles. The van der Waals surface area contributed by atoms with E-state index >= 15 is 0 Å². The predicted molar refractivity (Wildman–Crippen MR) is 172 cm³/mol. The van der Waals surface area contributed by atoms with Crippen molar-refractivity contribution >= 4 is 32.5 Å². The van der Waals surface area contributed by atoms with Gasteiger partial charge in [0.1, 0.15) is 0 Å². The van der Waals surface area contributed by atoms with Gasteiger partial charge in [-0.05, 0) is 45.9 Å². The molecule has 2 radical (unpaired) electrons. The van der Waals surface area contributed by atoms with Gasteiger partial charge >= 0.3 is 27.7 Å². The number of nitrogens with zero attached hydrogens (tertiary/aromatic N) is 2. The van der Waals surface area contributed by atoms with Crippen LogP contribution in [-0.2, 0) is 23.0 Å². The Balaban J connectivity index is 0.000000410.